The summed E-state index contributed by atoms with van der Waals surface area (Å²) in [6.07, 6.45) is 3.08. The fourth-order valence-electron chi connectivity index (χ4n) is 3.13. The minimum Gasteiger partial charge on any atom is -0.476 e. The van der Waals surface area contributed by atoms with Gasteiger partial charge in [-0.1, -0.05) is 0 Å². The summed E-state index contributed by atoms with van der Waals surface area (Å²) < 4.78 is 33.6. The van der Waals surface area contributed by atoms with Crippen LogP contribution in [0.25, 0.3) is 5.65 Å². The Labute approximate surface area is 147 Å². The van der Waals surface area contributed by atoms with E-state index in [1.54, 1.807) is 28.7 Å². The van der Waals surface area contributed by atoms with Gasteiger partial charge >= 0.3 is 0 Å². The lowest BCUT2D eigenvalue weighted by Crippen LogP contribution is -2.35. The van der Waals surface area contributed by atoms with Crippen molar-refractivity contribution in [2.24, 2.45) is 5.92 Å². The first-order chi connectivity index (χ1) is 11.9. The minimum atomic E-state index is -3.18. The molecule has 0 bridgehead atoms. The molecule has 4 rings (SSSR count). The van der Waals surface area contributed by atoms with Gasteiger partial charge in [0.2, 0.25) is 15.9 Å². The van der Waals surface area contributed by atoms with E-state index >= 15 is 0 Å². The van der Waals surface area contributed by atoms with Crippen LogP contribution in [-0.4, -0.2) is 57.5 Å². The first-order valence-electron chi connectivity index (χ1n) is 8.79. The second-order valence-corrected chi connectivity index (χ2v) is 9.68. The molecule has 1 saturated heterocycles. The van der Waals surface area contributed by atoms with Crippen LogP contribution >= 0.6 is 0 Å². The number of sulfonamides is 1. The number of aromatic nitrogens is 4. The largest absolute Gasteiger partial charge is 0.476 e. The van der Waals surface area contributed by atoms with E-state index in [-0.39, 0.29) is 11.2 Å². The van der Waals surface area contributed by atoms with Crippen LogP contribution in [0.5, 0.6) is 5.88 Å². The zero-order chi connectivity index (χ0) is 17.6. The summed E-state index contributed by atoms with van der Waals surface area (Å²) in [7, 11) is -3.18. The Morgan fingerprint density at radius 3 is 2.76 bits per heavy atom. The highest BCUT2D eigenvalue weighted by Crippen LogP contribution is 2.38. The molecule has 1 unspecified atom stereocenters. The van der Waals surface area contributed by atoms with Crippen LogP contribution in [0.15, 0.2) is 12.1 Å². The molecule has 0 spiro atoms. The summed E-state index contributed by atoms with van der Waals surface area (Å²) in [5.74, 6) is 2.08. The third-order valence-corrected chi connectivity index (χ3v) is 7.12. The van der Waals surface area contributed by atoms with E-state index in [0.29, 0.717) is 31.5 Å². The van der Waals surface area contributed by atoms with Crippen molar-refractivity contribution in [1.29, 1.82) is 0 Å². The summed E-state index contributed by atoms with van der Waals surface area (Å²) >= 11 is 0. The van der Waals surface area contributed by atoms with Gasteiger partial charge in [-0.25, -0.2) is 12.7 Å². The van der Waals surface area contributed by atoms with Crippen LogP contribution < -0.4 is 4.74 Å². The maximum atomic E-state index is 12.2. The van der Waals surface area contributed by atoms with Crippen molar-refractivity contribution in [3.63, 3.8) is 0 Å². The Bertz CT molecular complexity index is 875. The minimum absolute atomic E-state index is 0.190. The second kappa shape index (κ2) is 6.21. The summed E-state index contributed by atoms with van der Waals surface area (Å²) in [6, 6.07) is 3.64. The van der Waals surface area contributed by atoms with Gasteiger partial charge < -0.3 is 4.74 Å². The average molecular weight is 365 g/mol. The zero-order valence-corrected chi connectivity index (χ0v) is 15.3. The molecule has 25 heavy (non-hydrogen) atoms. The molecule has 0 radical (unpaired) electrons. The molecular weight excluding hydrogens is 342 g/mol. The summed E-state index contributed by atoms with van der Waals surface area (Å²) in [6.45, 7) is 4.98. The predicted octanol–water partition coefficient (Wildman–Crippen LogP) is 1.44. The molecule has 1 aliphatic heterocycles. The lowest BCUT2D eigenvalue weighted by atomic mass is 10.1. The number of hydrogen-bond donors (Lipinski definition) is 0. The third-order valence-electron chi connectivity index (χ3n) is 4.88. The lowest BCUT2D eigenvalue weighted by molar-refractivity contribution is 0.243. The van der Waals surface area contributed by atoms with E-state index in [0.717, 1.165) is 30.7 Å². The Kier molecular flexibility index (Phi) is 4.15. The lowest BCUT2D eigenvalue weighted by Gasteiger charge is -2.19. The first kappa shape index (κ1) is 16.7. The van der Waals surface area contributed by atoms with Gasteiger partial charge in [0.25, 0.3) is 0 Å². The maximum absolute atomic E-state index is 12.2. The Balaban J connectivity index is 1.40. The normalized spacial score (nSPS) is 22.1. The SMILES string of the molecule is CC(C)S(=O)(=O)N1CCC(COc2ccc3nnc(C4CC4)n3n2)C1. The molecule has 2 aromatic heterocycles. The van der Waals surface area contributed by atoms with Crippen molar-refractivity contribution >= 4 is 15.7 Å². The van der Waals surface area contributed by atoms with Gasteiger partial charge in [0.15, 0.2) is 11.5 Å². The van der Waals surface area contributed by atoms with E-state index in [4.69, 9.17) is 4.74 Å². The van der Waals surface area contributed by atoms with Gasteiger partial charge in [-0.15, -0.1) is 15.3 Å². The fourth-order valence-corrected chi connectivity index (χ4v) is 4.50. The number of fused-ring (bicyclic) bond motifs is 1. The van der Waals surface area contributed by atoms with Crippen LogP contribution in [0.4, 0.5) is 0 Å². The zero-order valence-electron chi connectivity index (χ0n) is 14.5. The molecular formula is C16H23N5O3S. The standard InChI is InChI=1S/C16H23N5O3S/c1-11(2)25(22,23)20-8-7-12(9-20)10-24-15-6-5-14-17-18-16(13-3-4-13)21(14)19-15/h5-6,11-13H,3-4,7-10H2,1-2H3. The topological polar surface area (TPSA) is 89.7 Å². The van der Waals surface area contributed by atoms with Crippen LogP contribution in [0.3, 0.4) is 0 Å². The van der Waals surface area contributed by atoms with E-state index in [9.17, 15) is 8.42 Å². The maximum Gasteiger partial charge on any atom is 0.231 e. The molecule has 3 heterocycles. The molecule has 0 amide bonds. The van der Waals surface area contributed by atoms with E-state index < -0.39 is 10.0 Å². The van der Waals surface area contributed by atoms with Crippen LogP contribution in [0.1, 0.15) is 44.9 Å². The average Bonchev–Trinajstić information content (AvgIpc) is 3.16. The van der Waals surface area contributed by atoms with Crippen LogP contribution in [-0.2, 0) is 10.0 Å². The molecule has 1 saturated carbocycles. The van der Waals surface area contributed by atoms with Crippen molar-refractivity contribution in [2.75, 3.05) is 19.7 Å². The Morgan fingerprint density at radius 1 is 1.24 bits per heavy atom. The Morgan fingerprint density at radius 2 is 2.04 bits per heavy atom. The monoisotopic (exact) mass is 365 g/mol. The summed E-state index contributed by atoms with van der Waals surface area (Å²) in [5, 5.41) is 12.5. The Hall–Kier alpha value is -1.74. The number of ether oxygens (including phenoxy) is 1. The van der Waals surface area contributed by atoms with Gasteiger partial charge in [0.1, 0.15) is 0 Å². The van der Waals surface area contributed by atoms with E-state index in [1.807, 2.05) is 6.07 Å². The third kappa shape index (κ3) is 3.22. The summed E-state index contributed by atoms with van der Waals surface area (Å²) in [5.41, 5.74) is 0.726. The number of nitrogens with zero attached hydrogens (tertiary/aromatic N) is 5. The van der Waals surface area contributed by atoms with Gasteiger partial charge in [-0.05, 0) is 39.2 Å². The molecule has 136 valence electrons. The molecule has 1 atom stereocenters. The first-order valence-corrected chi connectivity index (χ1v) is 10.3. The van der Waals surface area contributed by atoms with Gasteiger partial charge in [-0.2, -0.15) is 4.52 Å². The highest BCUT2D eigenvalue weighted by Gasteiger charge is 2.33. The quantitative estimate of drug-likeness (QED) is 0.769. The van der Waals surface area contributed by atoms with E-state index in [2.05, 4.69) is 15.3 Å². The highest BCUT2D eigenvalue weighted by molar-refractivity contribution is 7.89. The summed E-state index contributed by atoms with van der Waals surface area (Å²) in [4.78, 5) is 0. The molecule has 1 aliphatic carbocycles. The van der Waals surface area contributed by atoms with Crippen LogP contribution in [0.2, 0.25) is 0 Å². The van der Waals surface area contributed by atoms with Crippen molar-refractivity contribution < 1.29 is 13.2 Å². The molecule has 8 nitrogen and oxygen atoms in total. The van der Waals surface area contributed by atoms with Gasteiger partial charge in [-0.3, -0.25) is 0 Å². The van der Waals surface area contributed by atoms with Gasteiger partial charge in [0, 0.05) is 31.0 Å². The smallest absolute Gasteiger partial charge is 0.231 e. The number of hydrogen-bond acceptors (Lipinski definition) is 6. The highest BCUT2D eigenvalue weighted by atomic mass is 32.2. The molecule has 2 aliphatic rings. The fraction of sp³-hybridized carbons (Fsp3) is 0.688. The molecule has 2 fully saturated rings. The van der Waals surface area contributed by atoms with Gasteiger partial charge in [0.05, 0.1) is 11.9 Å². The van der Waals surface area contributed by atoms with Crippen LogP contribution in [0, 0.1) is 5.92 Å². The molecule has 0 N–H and O–H groups in total. The van der Waals surface area contributed by atoms with Crippen molar-refractivity contribution in [3.8, 4) is 5.88 Å². The second-order valence-electron chi connectivity index (χ2n) is 7.19. The van der Waals surface area contributed by atoms with Crippen molar-refractivity contribution in [2.45, 2.75) is 44.3 Å². The molecule has 2 aromatic rings. The van der Waals surface area contributed by atoms with Crippen molar-refractivity contribution in [3.05, 3.63) is 18.0 Å². The molecule has 9 heteroatoms. The number of rotatable bonds is 6. The molecule has 0 aromatic carbocycles. The predicted molar refractivity (Wildman–Crippen MR) is 92.0 cm³/mol. The van der Waals surface area contributed by atoms with E-state index in [1.165, 1.54) is 0 Å². The van der Waals surface area contributed by atoms with Crippen molar-refractivity contribution in [1.82, 2.24) is 24.1 Å².